The van der Waals surface area contributed by atoms with E-state index in [1.165, 1.54) is 19.3 Å². The molecule has 0 spiro atoms. The SMILES string of the molecule is CC1=NC(N2CCCCC2)=NC(=O)C1CCC(C)C. The van der Waals surface area contributed by atoms with E-state index < -0.39 is 0 Å². The molecule has 0 aromatic heterocycles. The summed E-state index contributed by atoms with van der Waals surface area (Å²) in [5.41, 5.74) is 0.946. The Bertz CT molecular complexity index is 392. The van der Waals surface area contributed by atoms with Crippen LogP contribution in [0.1, 0.15) is 52.9 Å². The van der Waals surface area contributed by atoms with Gasteiger partial charge < -0.3 is 4.90 Å². The lowest BCUT2D eigenvalue weighted by atomic mass is 9.93. The average molecular weight is 263 g/mol. The summed E-state index contributed by atoms with van der Waals surface area (Å²) in [6.45, 7) is 8.31. The molecular formula is C15H25N3O. The van der Waals surface area contributed by atoms with Crippen molar-refractivity contribution in [2.24, 2.45) is 21.8 Å². The highest BCUT2D eigenvalue weighted by Crippen LogP contribution is 2.20. The molecule has 1 atom stereocenters. The lowest BCUT2D eigenvalue weighted by molar-refractivity contribution is -0.120. The summed E-state index contributed by atoms with van der Waals surface area (Å²) in [5, 5.41) is 0. The van der Waals surface area contributed by atoms with Crippen molar-refractivity contribution in [3.63, 3.8) is 0 Å². The minimum Gasteiger partial charge on any atom is -0.341 e. The molecule has 0 aliphatic carbocycles. The van der Waals surface area contributed by atoms with E-state index in [2.05, 4.69) is 28.7 Å². The van der Waals surface area contributed by atoms with Crippen molar-refractivity contribution in [2.45, 2.75) is 52.9 Å². The summed E-state index contributed by atoms with van der Waals surface area (Å²) >= 11 is 0. The van der Waals surface area contributed by atoms with Gasteiger partial charge in [0.2, 0.25) is 5.96 Å². The molecule has 4 nitrogen and oxygen atoms in total. The van der Waals surface area contributed by atoms with E-state index in [1.54, 1.807) is 0 Å². The first-order valence-corrected chi connectivity index (χ1v) is 7.50. The fraction of sp³-hybridized carbons (Fsp3) is 0.800. The van der Waals surface area contributed by atoms with Gasteiger partial charge in [-0.15, -0.1) is 0 Å². The standard InChI is InChI=1S/C15H25N3O/c1-11(2)7-8-13-12(3)16-15(17-14(13)19)18-9-5-4-6-10-18/h11,13H,4-10H2,1-3H3. The number of aliphatic imine (C=N–C) groups is 2. The Morgan fingerprint density at radius 3 is 2.47 bits per heavy atom. The Morgan fingerprint density at radius 2 is 1.89 bits per heavy atom. The number of amides is 1. The first-order chi connectivity index (χ1) is 9.08. The number of carbonyl (C=O) groups is 1. The number of rotatable bonds is 3. The Kier molecular flexibility index (Phi) is 4.72. The monoisotopic (exact) mass is 263 g/mol. The van der Waals surface area contributed by atoms with Crippen LogP contribution in [0.4, 0.5) is 0 Å². The lowest BCUT2D eigenvalue weighted by Crippen LogP contribution is -2.39. The van der Waals surface area contributed by atoms with E-state index in [9.17, 15) is 4.79 Å². The Labute approximate surface area is 116 Å². The molecule has 1 fully saturated rings. The summed E-state index contributed by atoms with van der Waals surface area (Å²) in [6.07, 6.45) is 5.56. The molecule has 1 saturated heterocycles. The van der Waals surface area contributed by atoms with Crippen molar-refractivity contribution < 1.29 is 4.79 Å². The molecule has 2 heterocycles. The van der Waals surface area contributed by atoms with Crippen LogP contribution >= 0.6 is 0 Å². The van der Waals surface area contributed by atoms with Gasteiger partial charge in [0.25, 0.3) is 5.91 Å². The largest absolute Gasteiger partial charge is 0.341 e. The van der Waals surface area contributed by atoms with Crippen molar-refractivity contribution in [2.75, 3.05) is 13.1 Å². The summed E-state index contributed by atoms with van der Waals surface area (Å²) in [7, 11) is 0. The van der Waals surface area contributed by atoms with Crippen LogP contribution in [0.15, 0.2) is 9.98 Å². The molecule has 2 aliphatic rings. The van der Waals surface area contributed by atoms with Crippen molar-refractivity contribution in [1.29, 1.82) is 0 Å². The van der Waals surface area contributed by atoms with Crippen molar-refractivity contribution in [1.82, 2.24) is 4.90 Å². The van der Waals surface area contributed by atoms with Crippen LogP contribution < -0.4 is 0 Å². The molecule has 0 aromatic rings. The number of hydrogen-bond acceptors (Lipinski definition) is 3. The predicted octanol–water partition coefficient (Wildman–Crippen LogP) is 2.88. The second-order valence-electron chi connectivity index (χ2n) is 6.07. The fourth-order valence-corrected chi connectivity index (χ4v) is 2.68. The van der Waals surface area contributed by atoms with Gasteiger partial charge in [-0.05, 0) is 44.9 Å². The molecule has 2 rings (SSSR count). The highest BCUT2D eigenvalue weighted by atomic mass is 16.1. The van der Waals surface area contributed by atoms with Gasteiger partial charge in [-0.1, -0.05) is 13.8 Å². The molecule has 1 amide bonds. The summed E-state index contributed by atoms with van der Waals surface area (Å²) in [5.74, 6) is 1.20. The quantitative estimate of drug-likeness (QED) is 0.786. The second-order valence-corrected chi connectivity index (χ2v) is 6.07. The summed E-state index contributed by atoms with van der Waals surface area (Å²) in [6, 6.07) is 0. The molecule has 0 saturated carbocycles. The third-order valence-corrected chi connectivity index (χ3v) is 3.96. The molecule has 0 radical (unpaired) electrons. The first kappa shape index (κ1) is 14.2. The lowest BCUT2D eigenvalue weighted by Gasteiger charge is -2.30. The van der Waals surface area contributed by atoms with E-state index in [0.29, 0.717) is 11.9 Å². The maximum atomic E-state index is 12.2. The summed E-state index contributed by atoms with van der Waals surface area (Å²) < 4.78 is 0. The van der Waals surface area contributed by atoms with E-state index in [4.69, 9.17) is 0 Å². The van der Waals surface area contributed by atoms with E-state index in [0.717, 1.165) is 31.6 Å². The molecule has 0 aromatic carbocycles. The van der Waals surface area contributed by atoms with Gasteiger partial charge in [0.1, 0.15) is 0 Å². The zero-order chi connectivity index (χ0) is 13.8. The highest BCUT2D eigenvalue weighted by Gasteiger charge is 2.28. The molecule has 106 valence electrons. The van der Waals surface area contributed by atoms with Crippen LogP contribution in [0.25, 0.3) is 0 Å². The smallest absolute Gasteiger partial charge is 0.257 e. The summed E-state index contributed by atoms with van der Waals surface area (Å²) in [4.78, 5) is 23.2. The third kappa shape index (κ3) is 3.64. The van der Waals surface area contributed by atoms with Crippen LogP contribution in [-0.4, -0.2) is 35.6 Å². The topological polar surface area (TPSA) is 45.0 Å². The zero-order valence-corrected chi connectivity index (χ0v) is 12.4. The van der Waals surface area contributed by atoms with Gasteiger partial charge in [0.15, 0.2) is 0 Å². The van der Waals surface area contributed by atoms with Gasteiger partial charge in [-0.2, -0.15) is 4.99 Å². The van der Waals surface area contributed by atoms with Gasteiger partial charge in [-0.25, -0.2) is 4.99 Å². The maximum absolute atomic E-state index is 12.2. The number of likely N-dealkylation sites (tertiary alicyclic amines) is 1. The second kappa shape index (κ2) is 6.31. The van der Waals surface area contributed by atoms with Crippen LogP contribution in [0.2, 0.25) is 0 Å². The van der Waals surface area contributed by atoms with Crippen LogP contribution in [-0.2, 0) is 4.79 Å². The number of guanidine groups is 1. The Morgan fingerprint density at radius 1 is 1.21 bits per heavy atom. The Hall–Kier alpha value is -1.19. The molecule has 0 N–H and O–H groups in total. The Balaban J connectivity index is 2.02. The van der Waals surface area contributed by atoms with Crippen molar-refractivity contribution in [3.8, 4) is 0 Å². The van der Waals surface area contributed by atoms with Gasteiger partial charge in [0, 0.05) is 18.8 Å². The van der Waals surface area contributed by atoms with Crippen molar-refractivity contribution >= 4 is 17.6 Å². The highest BCUT2D eigenvalue weighted by molar-refractivity contribution is 6.14. The zero-order valence-electron chi connectivity index (χ0n) is 12.4. The van der Waals surface area contributed by atoms with Crippen LogP contribution in [0, 0.1) is 11.8 Å². The number of carbonyl (C=O) groups excluding carboxylic acids is 1. The molecule has 19 heavy (non-hydrogen) atoms. The maximum Gasteiger partial charge on any atom is 0.257 e. The number of nitrogens with zero attached hydrogens (tertiary/aromatic N) is 3. The van der Waals surface area contributed by atoms with Crippen LogP contribution in [0.3, 0.4) is 0 Å². The first-order valence-electron chi connectivity index (χ1n) is 7.50. The third-order valence-electron chi connectivity index (χ3n) is 3.96. The van der Waals surface area contributed by atoms with Crippen LogP contribution in [0.5, 0.6) is 0 Å². The van der Waals surface area contributed by atoms with Gasteiger partial charge in [-0.3, -0.25) is 4.79 Å². The predicted molar refractivity (Wildman–Crippen MR) is 78.5 cm³/mol. The molecule has 4 heteroatoms. The number of hydrogen-bond donors (Lipinski definition) is 0. The fourth-order valence-electron chi connectivity index (χ4n) is 2.68. The van der Waals surface area contributed by atoms with E-state index in [-0.39, 0.29) is 11.8 Å². The van der Waals surface area contributed by atoms with E-state index in [1.807, 2.05) is 6.92 Å². The number of piperidine rings is 1. The van der Waals surface area contributed by atoms with Gasteiger partial charge in [0.05, 0.1) is 5.92 Å². The van der Waals surface area contributed by atoms with Crippen molar-refractivity contribution in [3.05, 3.63) is 0 Å². The molecular weight excluding hydrogens is 238 g/mol. The molecule has 0 bridgehead atoms. The minimum atomic E-state index is -0.0871. The normalized spacial score (nSPS) is 24.5. The molecule has 1 unspecified atom stereocenters. The van der Waals surface area contributed by atoms with E-state index >= 15 is 0 Å². The van der Waals surface area contributed by atoms with Gasteiger partial charge >= 0.3 is 0 Å². The average Bonchev–Trinajstić information content (AvgIpc) is 2.38. The minimum absolute atomic E-state index is 0.00808. The molecule has 2 aliphatic heterocycles.